The van der Waals surface area contributed by atoms with Gasteiger partial charge >= 0.3 is 0 Å². The summed E-state index contributed by atoms with van der Waals surface area (Å²) in [6.07, 6.45) is 8.22. The number of carbonyl (C=O) groups excluding carboxylic acids is 1. The van der Waals surface area contributed by atoms with Crippen LogP contribution in [0, 0.1) is 5.92 Å². The van der Waals surface area contributed by atoms with Crippen LogP contribution in [-0.2, 0) is 4.79 Å². The molecule has 2 unspecified atom stereocenters. The number of nitrogens with one attached hydrogen (secondary N) is 1. The average molecular weight is 236 g/mol. The second-order valence-electron chi connectivity index (χ2n) is 4.82. The number of hydrogen-bond acceptors (Lipinski definition) is 2. The summed E-state index contributed by atoms with van der Waals surface area (Å²) in [6, 6.07) is 0. The summed E-state index contributed by atoms with van der Waals surface area (Å²) in [4.78, 5) is 14.1. The van der Waals surface area contributed by atoms with E-state index in [1.54, 1.807) is 0 Å². The Morgan fingerprint density at radius 3 is 2.53 bits per heavy atom. The fourth-order valence-corrected chi connectivity index (χ4v) is 1.98. The number of hydrogen-bond donors (Lipinski definition) is 1. The molecule has 1 rings (SSSR count). The molecule has 1 N–H and O–H groups in total. The van der Waals surface area contributed by atoms with E-state index < -0.39 is 0 Å². The molecule has 0 bridgehead atoms. The van der Waals surface area contributed by atoms with E-state index in [1.807, 2.05) is 12.2 Å². The molecule has 3 heteroatoms. The van der Waals surface area contributed by atoms with Crippen LogP contribution >= 0.6 is 0 Å². The summed E-state index contributed by atoms with van der Waals surface area (Å²) < 4.78 is 0. The lowest BCUT2D eigenvalue weighted by atomic mass is 9.83. The second kappa shape index (κ2) is 6.01. The summed E-state index contributed by atoms with van der Waals surface area (Å²) in [7, 11) is 0. The molecule has 0 aromatic carbocycles. The van der Waals surface area contributed by atoms with Gasteiger partial charge in [-0.2, -0.15) is 0 Å². The molecule has 17 heavy (non-hydrogen) atoms. The van der Waals surface area contributed by atoms with Crippen molar-refractivity contribution in [3.63, 3.8) is 0 Å². The van der Waals surface area contributed by atoms with Crippen LogP contribution in [0.25, 0.3) is 0 Å². The van der Waals surface area contributed by atoms with E-state index in [9.17, 15) is 4.79 Å². The third-order valence-electron chi connectivity index (χ3n) is 3.57. The van der Waals surface area contributed by atoms with Crippen LogP contribution in [0.1, 0.15) is 27.7 Å². The number of amides is 1. The van der Waals surface area contributed by atoms with Crippen LogP contribution in [0.3, 0.4) is 0 Å². The molecule has 1 amide bonds. The van der Waals surface area contributed by atoms with Gasteiger partial charge in [0.2, 0.25) is 5.91 Å². The zero-order chi connectivity index (χ0) is 12.9. The van der Waals surface area contributed by atoms with E-state index in [1.165, 1.54) is 0 Å². The van der Waals surface area contributed by atoms with E-state index in [2.05, 4.69) is 50.1 Å². The van der Waals surface area contributed by atoms with Gasteiger partial charge in [0.15, 0.2) is 0 Å². The predicted octanol–water partition coefficient (Wildman–Crippen LogP) is 1.97. The van der Waals surface area contributed by atoms with Crippen LogP contribution in [0.4, 0.5) is 0 Å². The first-order valence-corrected chi connectivity index (χ1v) is 6.41. The van der Waals surface area contributed by atoms with E-state index in [-0.39, 0.29) is 11.4 Å². The normalized spacial score (nSPS) is 27.5. The van der Waals surface area contributed by atoms with Crippen LogP contribution < -0.4 is 5.32 Å². The Morgan fingerprint density at radius 2 is 2.00 bits per heavy atom. The van der Waals surface area contributed by atoms with Gasteiger partial charge in [-0.1, -0.05) is 45.1 Å². The Hall–Kier alpha value is -1.09. The minimum atomic E-state index is -0.251. The number of carbonyl (C=O) groups is 1. The first kappa shape index (κ1) is 14.0. The molecule has 0 heterocycles. The lowest BCUT2D eigenvalue weighted by Crippen LogP contribution is -2.52. The van der Waals surface area contributed by atoms with Gasteiger partial charge in [0, 0.05) is 5.92 Å². The average Bonchev–Trinajstić information content (AvgIpc) is 2.30. The van der Waals surface area contributed by atoms with Crippen molar-refractivity contribution in [3.05, 3.63) is 24.3 Å². The Kier molecular flexibility index (Phi) is 4.94. The third-order valence-corrected chi connectivity index (χ3v) is 3.57. The largest absolute Gasteiger partial charge is 0.346 e. The first-order chi connectivity index (χ1) is 8.01. The van der Waals surface area contributed by atoms with E-state index in [0.29, 0.717) is 12.5 Å². The van der Waals surface area contributed by atoms with Crippen LogP contribution in [0.2, 0.25) is 0 Å². The standard InChI is InChI=1S/C14H24N2O/c1-5-16(6-2)11-13(17)15-14(4)10-8-7-9-12(14)3/h7-10,12H,5-6,11H2,1-4H3,(H,15,17). The van der Waals surface area contributed by atoms with Crippen LogP contribution in [0.15, 0.2) is 24.3 Å². The van der Waals surface area contributed by atoms with Crippen LogP contribution in [-0.4, -0.2) is 36.0 Å². The SMILES string of the molecule is CCN(CC)CC(=O)NC1(C)C=CC=CC1C. The Labute approximate surface area is 105 Å². The lowest BCUT2D eigenvalue weighted by Gasteiger charge is -2.34. The summed E-state index contributed by atoms with van der Waals surface area (Å²) in [5, 5.41) is 3.13. The lowest BCUT2D eigenvalue weighted by molar-refractivity contribution is -0.123. The van der Waals surface area contributed by atoms with Gasteiger partial charge in [0.1, 0.15) is 0 Å². The maximum absolute atomic E-state index is 12.0. The van der Waals surface area contributed by atoms with Gasteiger partial charge in [-0.3, -0.25) is 9.69 Å². The molecule has 0 saturated heterocycles. The van der Waals surface area contributed by atoms with Crippen molar-refractivity contribution in [3.8, 4) is 0 Å². The molecule has 2 atom stereocenters. The molecule has 0 aliphatic heterocycles. The van der Waals surface area contributed by atoms with E-state index >= 15 is 0 Å². The van der Waals surface area contributed by atoms with Crippen molar-refractivity contribution in [1.82, 2.24) is 10.2 Å². The Bertz CT molecular complexity index is 318. The maximum Gasteiger partial charge on any atom is 0.234 e. The molecule has 1 aliphatic rings. The van der Waals surface area contributed by atoms with Crippen molar-refractivity contribution < 1.29 is 4.79 Å². The first-order valence-electron chi connectivity index (χ1n) is 6.41. The summed E-state index contributed by atoms with van der Waals surface area (Å²) in [6.45, 7) is 10.6. The van der Waals surface area contributed by atoms with E-state index in [4.69, 9.17) is 0 Å². The highest BCUT2D eigenvalue weighted by molar-refractivity contribution is 5.79. The van der Waals surface area contributed by atoms with Gasteiger partial charge in [-0.15, -0.1) is 0 Å². The molecule has 1 aliphatic carbocycles. The highest BCUT2D eigenvalue weighted by atomic mass is 16.2. The maximum atomic E-state index is 12.0. The fraction of sp³-hybridized carbons (Fsp3) is 0.643. The van der Waals surface area contributed by atoms with Crippen LogP contribution in [0.5, 0.6) is 0 Å². The molecule has 0 radical (unpaired) electrons. The highest BCUT2D eigenvalue weighted by Crippen LogP contribution is 2.23. The fourth-order valence-electron chi connectivity index (χ4n) is 1.98. The summed E-state index contributed by atoms with van der Waals surface area (Å²) in [5.74, 6) is 0.427. The van der Waals surface area contributed by atoms with Gasteiger partial charge in [0.25, 0.3) is 0 Å². The number of nitrogens with zero attached hydrogens (tertiary/aromatic N) is 1. The number of allylic oxidation sites excluding steroid dienone is 2. The zero-order valence-electron chi connectivity index (χ0n) is 11.4. The molecular formula is C14H24N2O. The molecule has 0 fully saturated rings. The molecule has 0 saturated carbocycles. The quantitative estimate of drug-likeness (QED) is 0.791. The molecule has 3 nitrogen and oxygen atoms in total. The predicted molar refractivity (Wildman–Crippen MR) is 71.8 cm³/mol. The highest BCUT2D eigenvalue weighted by Gasteiger charge is 2.29. The minimum Gasteiger partial charge on any atom is -0.346 e. The van der Waals surface area contributed by atoms with Gasteiger partial charge in [0.05, 0.1) is 12.1 Å². The Morgan fingerprint density at radius 1 is 1.35 bits per heavy atom. The third kappa shape index (κ3) is 3.70. The molecule has 0 spiro atoms. The van der Waals surface area contributed by atoms with Crippen molar-refractivity contribution >= 4 is 5.91 Å². The van der Waals surface area contributed by atoms with Crippen molar-refractivity contribution in [1.29, 1.82) is 0 Å². The monoisotopic (exact) mass is 236 g/mol. The topological polar surface area (TPSA) is 32.3 Å². The van der Waals surface area contributed by atoms with Gasteiger partial charge in [-0.05, 0) is 20.0 Å². The van der Waals surface area contributed by atoms with Gasteiger partial charge in [-0.25, -0.2) is 0 Å². The summed E-state index contributed by atoms with van der Waals surface area (Å²) >= 11 is 0. The minimum absolute atomic E-state index is 0.100. The van der Waals surface area contributed by atoms with Crippen molar-refractivity contribution in [2.45, 2.75) is 33.2 Å². The molecule has 0 aromatic heterocycles. The zero-order valence-corrected chi connectivity index (χ0v) is 11.4. The van der Waals surface area contributed by atoms with Gasteiger partial charge < -0.3 is 5.32 Å². The molecular weight excluding hydrogens is 212 g/mol. The van der Waals surface area contributed by atoms with Crippen molar-refractivity contribution in [2.24, 2.45) is 5.92 Å². The Balaban J connectivity index is 2.56. The second-order valence-corrected chi connectivity index (χ2v) is 4.82. The summed E-state index contributed by atoms with van der Waals surface area (Å²) in [5.41, 5.74) is -0.251. The molecule has 0 aromatic rings. The van der Waals surface area contributed by atoms with Crippen molar-refractivity contribution in [2.75, 3.05) is 19.6 Å². The van der Waals surface area contributed by atoms with E-state index in [0.717, 1.165) is 13.1 Å². The molecule has 96 valence electrons. The number of rotatable bonds is 5. The number of likely N-dealkylation sites (N-methyl/N-ethyl adjacent to an activating group) is 1. The smallest absolute Gasteiger partial charge is 0.234 e.